The van der Waals surface area contributed by atoms with Crippen molar-refractivity contribution < 1.29 is 4.79 Å². The van der Waals surface area contributed by atoms with Crippen molar-refractivity contribution in [2.24, 2.45) is 5.41 Å². The Hall–Kier alpha value is -2.27. The number of aromatic nitrogens is 2. The summed E-state index contributed by atoms with van der Waals surface area (Å²) < 4.78 is 0. The summed E-state index contributed by atoms with van der Waals surface area (Å²) in [6, 6.07) is 9.34. The summed E-state index contributed by atoms with van der Waals surface area (Å²) in [6.07, 6.45) is 6.25. The Morgan fingerprint density at radius 2 is 1.81 bits per heavy atom. The van der Waals surface area contributed by atoms with Crippen molar-refractivity contribution in [3.05, 3.63) is 60.2 Å². The molecule has 0 aliphatic rings. The molecule has 0 saturated heterocycles. The zero-order valence-electron chi connectivity index (χ0n) is 17.7. The Balaban J connectivity index is 0.000000488. The molecule has 0 saturated carbocycles. The molecule has 0 fully saturated rings. The highest BCUT2D eigenvalue weighted by Gasteiger charge is 2.11. The highest BCUT2D eigenvalue weighted by molar-refractivity contribution is 5.92. The fourth-order valence-corrected chi connectivity index (χ4v) is 1.91. The van der Waals surface area contributed by atoms with E-state index in [9.17, 15) is 4.79 Å². The molecule has 2 aromatic heterocycles. The van der Waals surface area contributed by atoms with E-state index in [1.54, 1.807) is 24.5 Å². The van der Waals surface area contributed by atoms with E-state index in [4.69, 9.17) is 0 Å². The predicted octanol–water partition coefficient (Wildman–Crippen LogP) is 4.46. The molecule has 5 nitrogen and oxygen atoms in total. The highest BCUT2D eigenvalue weighted by atomic mass is 16.1. The maximum atomic E-state index is 11.6. The van der Waals surface area contributed by atoms with E-state index >= 15 is 0 Å². The van der Waals surface area contributed by atoms with Crippen molar-refractivity contribution in [1.29, 1.82) is 0 Å². The first-order chi connectivity index (χ1) is 12.9. The van der Waals surface area contributed by atoms with Gasteiger partial charge in [-0.2, -0.15) is 0 Å². The molecule has 150 valence electrons. The van der Waals surface area contributed by atoms with Crippen LogP contribution in [0, 0.1) is 5.41 Å². The van der Waals surface area contributed by atoms with E-state index in [1.807, 2.05) is 32.2 Å². The smallest absolute Gasteiger partial charge is 0.269 e. The summed E-state index contributed by atoms with van der Waals surface area (Å²) in [5.41, 5.74) is 1.97. The lowest BCUT2D eigenvalue weighted by molar-refractivity contribution is 0.0944. The lowest BCUT2D eigenvalue weighted by Crippen LogP contribution is -2.27. The number of amides is 1. The molecule has 2 rings (SSSR count). The molecule has 0 atom stereocenters. The van der Waals surface area contributed by atoms with Gasteiger partial charge in [-0.3, -0.25) is 14.8 Å². The van der Waals surface area contributed by atoms with E-state index in [0.29, 0.717) is 12.2 Å². The molecular formula is C22H36N4O. The van der Waals surface area contributed by atoms with Crippen LogP contribution in [0.1, 0.15) is 64.0 Å². The lowest BCUT2D eigenvalue weighted by atomic mass is 9.92. The molecular weight excluding hydrogens is 336 g/mol. The third kappa shape index (κ3) is 13.6. The van der Waals surface area contributed by atoms with Crippen LogP contribution < -0.4 is 10.6 Å². The van der Waals surface area contributed by atoms with Crippen LogP contribution in [-0.4, -0.2) is 29.0 Å². The van der Waals surface area contributed by atoms with Crippen LogP contribution in [0.4, 0.5) is 0 Å². The summed E-state index contributed by atoms with van der Waals surface area (Å²) in [6.45, 7) is 15.2. The molecule has 2 N–H and O–H groups in total. The van der Waals surface area contributed by atoms with Gasteiger partial charge < -0.3 is 10.6 Å². The minimum Gasteiger partial charge on any atom is -0.351 e. The fourth-order valence-electron chi connectivity index (χ4n) is 1.91. The van der Waals surface area contributed by atoms with Gasteiger partial charge in [-0.1, -0.05) is 53.7 Å². The lowest BCUT2D eigenvalue weighted by Gasteiger charge is -2.17. The van der Waals surface area contributed by atoms with E-state index in [0.717, 1.165) is 19.5 Å². The van der Waals surface area contributed by atoms with Gasteiger partial charge in [-0.15, -0.1) is 0 Å². The van der Waals surface area contributed by atoms with Crippen LogP contribution >= 0.6 is 0 Å². The average molecular weight is 373 g/mol. The van der Waals surface area contributed by atoms with Gasteiger partial charge in [0, 0.05) is 31.7 Å². The van der Waals surface area contributed by atoms with E-state index in [1.165, 1.54) is 5.56 Å². The van der Waals surface area contributed by atoms with Crippen molar-refractivity contribution >= 4 is 5.91 Å². The van der Waals surface area contributed by atoms with E-state index < -0.39 is 0 Å². The Morgan fingerprint density at radius 1 is 1.07 bits per heavy atom. The van der Waals surface area contributed by atoms with Crippen molar-refractivity contribution in [3.63, 3.8) is 0 Å². The number of nitrogens with one attached hydrogen (secondary N) is 2. The molecule has 0 aliphatic heterocycles. The number of hydrogen-bond acceptors (Lipinski definition) is 4. The number of carbonyl (C=O) groups excluding carboxylic acids is 1. The first-order valence-electron chi connectivity index (χ1n) is 9.71. The monoisotopic (exact) mass is 372 g/mol. The summed E-state index contributed by atoms with van der Waals surface area (Å²) >= 11 is 0. The SMILES string of the molecule is CC.CC(C)(C)CCNC(=O)c1ccccn1.CCNCc1cccnc1. The van der Waals surface area contributed by atoms with Crippen molar-refractivity contribution in [3.8, 4) is 0 Å². The van der Waals surface area contributed by atoms with Gasteiger partial charge in [0.25, 0.3) is 5.91 Å². The summed E-state index contributed by atoms with van der Waals surface area (Å²) in [5, 5.41) is 6.08. The van der Waals surface area contributed by atoms with Crippen LogP contribution in [0.25, 0.3) is 0 Å². The number of pyridine rings is 2. The quantitative estimate of drug-likeness (QED) is 0.785. The van der Waals surface area contributed by atoms with Crippen LogP contribution in [0.15, 0.2) is 48.9 Å². The van der Waals surface area contributed by atoms with Gasteiger partial charge in [0.1, 0.15) is 5.69 Å². The summed E-state index contributed by atoms with van der Waals surface area (Å²) in [5.74, 6) is -0.0974. The van der Waals surface area contributed by atoms with Crippen molar-refractivity contribution in [2.75, 3.05) is 13.1 Å². The van der Waals surface area contributed by atoms with Gasteiger partial charge >= 0.3 is 0 Å². The second-order valence-corrected chi connectivity index (χ2v) is 6.92. The molecule has 27 heavy (non-hydrogen) atoms. The van der Waals surface area contributed by atoms with Crippen LogP contribution in [0.3, 0.4) is 0 Å². The zero-order valence-corrected chi connectivity index (χ0v) is 17.7. The molecule has 2 aromatic rings. The first kappa shape index (κ1) is 24.7. The number of hydrogen-bond donors (Lipinski definition) is 2. The minimum absolute atomic E-state index is 0.0974. The molecule has 0 radical (unpaired) electrons. The van der Waals surface area contributed by atoms with Crippen LogP contribution in [0.2, 0.25) is 0 Å². The van der Waals surface area contributed by atoms with Gasteiger partial charge in [0.05, 0.1) is 0 Å². The molecule has 0 bridgehead atoms. The second-order valence-electron chi connectivity index (χ2n) is 6.92. The third-order valence-electron chi connectivity index (χ3n) is 3.36. The summed E-state index contributed by atoms with van der Waals surface area (Å²) in [7, 11) is 0. The van der Waals surface area contributed by atoms with Gasteiger partial charge in [0.15, 0.2) is 0 Å². The van der Waals surface area contributed by atoms with Crippen molar-refractivity contribution in [1.82, 2.24) is 20.6 Å². The van der Waals surface area contributed by atoms with Gasteiger partial charge in [-0.05, 0) is 42.1 Å². The minimum atomic E-state index is -0.0974. The Labute approximate surface area is 165 Å². The van der Waals surface area contributed by atoms with Gasteiger partial charge in [0.2, 0.25) is 0 Å². The highest BCUT2D eigenvalue weighted by Crippen LogP contribution is 2.16. The first-order valence-corrected chi connectivity index (χ1v) is 9.71. The maximum Gasteiger partial charge on any atom is 0.269 e. The topological polar surface area (TPSA) is 66.9 Å². The molecule has 5 heteroatoms. The Kier molecular flexibility index (Phi) is 13.6. The fraction of sp³-hybridized carbons (Fsp3) is 0.500. The van der Waals surface area contributed by atoms with Crippen LogP contribution in [-0.2, 0) is 6.54 Å². The summed E-state index contributed by atoms with van der Waals surface area (Å²) in [4.78, 5) is 19.5. The van der Waals surface area contributed by atoms with E-state index in [2.05, 4.69) is 54.4 Å². The molecule has 0 spiro atoms. The van der Waals surface area contributed by atoms with E-state index in [-0.39, 0.29) is 11.3 Å². The second kappa shape index (κ2) is 14.9. The Bertz CT molecular complexity index is 595. The number of nitrogens with zero attached hydrogens (tertiary/aromatic N) is 2. The van der Waals surface area contributed by atoms with Crippen LogP contribution in [0.5, 0.6) is 0 Å². The molecule has 2 heterocycles. The zero-order chi connectivity index (χ0) is 20.5. The normalized spacial score (nSPS) is 10.0. The Morgan fingerprint density at radius 3 is 2.33 bits per heavy atom. The molecule has 0 aromatic carbocycles. The predicted molar refractivity (Wildman–Crippen MR) is 114 cm³/mol. The maximum absolute atomic E-state index is 11.6. The molecule has 1 amide bonds. The van der Waals surface area contributed by atoms with Gasteiger partial charge in [-0.25, -0.2) is 0 Å². The number of carbonyl (C=O) groups is 1. The largest absolute Gasteiger partial charge is 0.351 e. The van der Waals surface area contributed by atoms with Crippen molar-refractivity contribution in [2.45, 2.75) is 54.5 Å². The molecule has 0 aliphatic carbocycles. The third-order valence-corrected chi connectivity index (χ3v) is 3.36. The number of rotatable bonds is 6. The standard InChI is InChI=1S/C12H18N2O.C8H12N2.C2H6/c1-12(2,3)7-9-14-11(15)10-6-4-5-8-13-10;1-2-9-6-8-4-3-5-10-7-8;1-2/h4-6,8H,7,9H2,1-3H3,(H,14,15);3-5,7,9H,2,6H2,1H3;1-2H3. The molecule has 0 unspecified atom stereocenters. The average Bonchev–Trinajstić information content (AvgIpc) is 2.69.